The number of aryl methyl sites for hydroxylation is 1. The van der Waals surface area contributed by atoms with Crippen molar-refractivity contribution in [1.82, 2.24) is 0 Å². The fourth-order valence-corrected chi connectivity index (χ4v) is 6.16. The number of carbonyl (C=O) groups excluding carboxylic acids is 1. The van der Waals surface area contributed by atoms with Crippen LogP contribution in [0.25, 0.3) is 0 Å². The minimum Gasteiger partial charge on any atom is -0.489 e. The first-order chi connectivity index (χ1) is 13.1. The van der Waals surface area contributed by atoms with Gasteiger partial charge in [0.05, 0.1) is 0 Å². The molecule has 0 radical (unpaired) electrons. The Labute approximate surface area is 161 Å². The molecule has 2 aromatic rings. The van der Waals surface area contributed by atoms with E-state index in [-0.39, 0.29) is 5.41 Å². The predicted octanol–water partition coefficient (Wildman–Crippen LogP) is 5.69. The van der Waals surface area contributed by atoms with Crippen LogP contribution in [0.4, 0.5) is 0 Å². The molecule has 3 aliphatic carbocycles. The lowest BCUT2D eigenvalue weighted by Crippen LogP contribution is -2.42. The third-order valence-corrected chi connectivity index (χ3v) is 7.66. The van der Waals surface area contributed by atoms with Gasteiger partial charge >= 0.3 is 0 Å². The van der Waals surface area contributed by atoms with Crippen LogP contribution in [0.15, 0.2) is 48.5 Å². The molecule has 0 spiro atoms. The highest BCUT2D eigenvalue weighted by atomic mass is 16.5. The zero-order valence-corrected chi connectivity index (χ0v) is 16.1. The van der Waals surface area contributed by atoms with Crippen molar-refractivity contribution in [2.75, 3.05) is 0 Å². The average Bonchev–Trinajstić information content (AvgIpc) is 3.01. The van der Waals surface area contributed by atoms with Crippen molar-refractivity contribution >= 4 is 5.78 Å². The van der Waals surface area contributed by atoms with Gasteiger partial charge in [-0.15, -0.1) is 0 Å². The smallest absolute Gasteiger partial charge is 0.139 e. The number of hydrogen-bond donors (Lipinski definition) is 0. The molecule has 2 fully saturated rings. The quantitative estimate of drug-likeness (QED) is 0.703. The van der Waals surface area contributed by atoms with Crippen LogP contribution in [0.1, 0.15) is 61.6 Å². The molecule has 2 aromatic carbocycles. The summed E-state index contributed by atoms with van der Waals surface area (Å²) in [7, 11) is 0. The maximum atomic E-state index is 12.5. The molecule has 2 heteroatoms. The van der Waals surface area contributed by atoms with E-state index in [2.05, 4.69) is 49.4 Å². The molecule has 0 N–H and O–H groups in total. The summed E-state index contributed by atoms with van der Waals surface area (Å²) in [6.45, 7) is 2.87. The van der Waals surface area contributed by atoms with Gasteiger partial charge in [0.1, 0.15) is 18.1 Å². The Bertz CT molecular complexity index is 856. The normalized spacial score (nSPS) is 31.7. The molecule has 4 atom stereocenters. The molecule has 0 saturated heterocycles. The van der Waals surface area contributed by atoms with Crippen LogP contribution < -0.4 is 4.74 Å². The molecular formula is C25H28O2. The summed E-state index contributed by atoms with van der Waals surface area (Å²) in [5.41, 5.74) is 4.17. The van der Waals surface area contributed by atoms with E-state index in [1.807, 2.05) is 6.07 Å². The molecule has 0 aliphatic heterocycles. The largest absolute Gasteiger partial charge is 0.489 e. The number of benzene rings is 2. The molecule has 0 amide bonds. The van der Waals surface area contributed by atoms with Gasteiger partial charge in [-0.1, -0.05) is 43.3 Å². The first-order valence-corrected chi connectivity index (χ1v) is 10.5. The van der Waals surface area contributed by atoms with E-state index in [4.69, 9.17) is 4.74 Å². The summed E-state index contributed by atoms with van der Waals surface area (Å²) in [6, 6.07) is 17.1. The molecule has 2 nitrogen and oxygen atoms in total. The Morgan fingerprint density at radius 2 is 1.89 bits per heavy atom. The molecule has 140 valence electrons. The van der Waals surface area contributed by atoms with E-state index < -0.39 is 0 Å². The number of ketones is 1. The van der Waals surface area contributed by atoms with Crippen molar-refractivity contribution in [2.45, 2.75) is 58.0 Å². The van der Waals surface area contributed by atoms with Crippen LogP contribution in [0.5, 0.6) is 5.75 Å². The summed E-state index contributed by atoms with van der Waals surface area (Å²) in [5, 5.41) is 0. The molecule has 27 heavy (non-hydrogen) atoms. The van der Waals surface area contributed by atoms with Gasteiger partial charge in [-0.3, -0.25) is 4.79 Å². The van der Waals surface area contributed by atoms with Gasteiger partial charge in [0.25, 0.3) is 0 Å². The predicted molar refractivity (Wildman–Crippen MR) is 107 cm³/mol. The molecule has 0 heterocycles. The number of rotatable bonds is 3. The van der Waals surface area contributed by atoms with Gasteiger partial charge in [0, 0.05) is 11.8 Å². The second-order valence-electron chi connectivity index (χ2n) is 8.97. The Hall–Kier alpha value is -2.09. The lowest BCUT2D eigenvalue weighted by molar-refractivity contribution is -0.129. The van der Waals surface area contributed by atoms with E-state index in [0.29, 0.717) is 30.1 Å². The third-order valence-electron chi connectivity index (χ3n) is 7.66. The molecule has 5 rings (SSSR count). The lowest BCUT2D eigenvalue weighted by Gasteiger charge is -2.48. The van der Waals surface area contributed by atoms with Crippen molar-refractivity contribution in [1.29, 1.82) is 0 Å². The van der Waals surface area contributed by atoms with Gasteiger partial charge < -0.3 is 4.74 Å². The Balaban J connectivity index is 1.35. The minimum absolute atomic E-state index is 0.0304. The Morgan fingerprint density at radius 1 is 1.04 bits per heavy atom. The maximum absolute atomic E-state index is 12.5. The van der Waals surface area contributed by atoms with Gasteiger partial charge in [-0.05, 0) is 78.7 Å². The van der Waals surface area contributed by atoms with Crippen LogP contribution in [0, 0.1) is 17.3 Å². The van der Waals surface area contributed by atoms with Crippen LogP contribution in [-0.4, -0.2) is 5.78 Å². The van der Waals surface area contributed by atoms with E-state index in [0.717, 1.165) is 31.4 Å². The van der Waals surface area contributed by atoms with E-state index in [9.17, 15) is 4.79 Å². The summed E-state index contributed by atoms with van der Waals surface area (Å²) in [4.78, 5) is 12.5. The topological polar surface area (TPSA) is 26.3 Å². The van der Waals surface area contributed by atoms with Crippen LogP contribution in [-0.2, 0) is 17.8 Å². The average molecular weight is 360 g/mol. The first-order valence-electron chi connectivity index (χ1n) is 10.5. The maximum Gasteiger partial charge on any atom is 0.139 e. The SMILES string of the molecule is C[C@@]12CC[C@H]3c4ccc(OCc5ccccc5)cc4CC[C@@H]3[C@H]1CCC2=O. The van der Waals surface area contributed by atoms with Gasteiger partial charge in [-0.25, -0.2) is 0 Å². The lowest BCUT2D eigenvalue weighted by atomic mass is 9.55. The third kappa shape index (κ3) is 2.81. The van der Waals surface area contributed by atoms with Crippen molar-refractivity contribution in [3.63, 3.8) is 0 Å². The van der Waals surface area contributed by atoms with Gasteiger partial charge in [0.2, 0.25) is 0 Å². The second kappa shape index (κ2) is 6.51. The van der Waals surface area contributed by atoms with Crippen LogP contribution in [0.2, 0.25) is 0 Å². The van der Waals surface area contributed by atoms with Gasteiger partial charge in [-0.2, -0.15) is 0 Å². The summed E-state index contributed by atoms with van der Waals surface area (Å²) < 4.78 is 6.05. The number of hydrogen-bond acceptors (Lipinski definition) is 2. The minimum atomic E-state index is -0.0304. The number of Topliss-reactive ketones (excluding diaryl/α,β-unsaturated/α-hetero) is 1. The molecule has 0 unspecified atom stereocenters. The molecule has 2 saturated carbocycles. The Morgan fingerprint density at radius 3 is 2.74 bits per heavy atom. The monoisotopic (exact) mass is 360 g/mol. The number of carbonyl (C=O) groups is 1. The summed E-state index contributed by atoms with van der Waals surface area (Å²) in [5.74, 6) is 3.44. The fourth-order valence-electron chi connectivity index (χ4n) is 6.16. The van der Waals surface area contributed by atoms with Crippen LogP contribution >= 0.6 is 0 Å². The molecule has 0 aromatic heterocycles. The van der Waals surface area contributed by atoms with Gasteiger partial charge in [0.15, 0.2) is 0 Å². The molecular weight excluding hydrogens is 332 g/mol. The standard InChI is InChI=1S/C25H28O2/c1-25-14-13-21-20-10-8-19(27-16-17-5-3-2-4-6-17)15-18(20)7-9-22(21)23(25)11-12-24(25)26/h2-6,8,10,15,21-23H,7,9,11-14,16H2,1H3/t21-,22-,23+,25+/m0/s1. The summed E-state index contributed by atoms with van der Waals surface area (Å²) >= 11 is 0. The highest BCUT2D eigenvalue weighted by Gasteiger charge is 2.54. The number of fused-ring (bicyclic) bond motifs is 5. The first kappa shape index (κ1) is 17.0. The molecule has 0 bridgehead atoms. The zero-order chi connectivity index (χ0) is 18.4. The summed E-state index contributed by atoms with van der Waals surface area (Å²) in [6.07, 6.45) is 6.52. The zero-order valence-electron chi connectivity index (χ0n) is 16.1. The second-order valence-corrected chi connectivity index (χ2v) is 8.97. The van der Waals surface area contributed by atoms with Crippen molar-refractivity contribution in [2.24, 2.45) is 17.3 Å². The number of ether oxygens (including phenoxy) is 1. The highest BCUT2D eigenvalue weighted by Crippen LogP contribution is 2.59. The van der Waals surface area contributed by atoms with E-state index in [1.54, 1.807) is 0 Å². The molecule has 3 aliphatic rings. The van der Waals surface area contributed by atoms with E-state index >= 15 is 0 Å². The Kier molecular flexibility index (Phi) is 4.11. The van der Waals surface area contributed by atoms with Crippen molar-refractivity contribution in [3.8, 4) is 5.75 Å². The van der Waals surface area contributed by atoms with E-state index in [1.165, 1.54) is 29.5 Å². The van der Waals surface area contributed by atoms with Crippen molar-refractivity contribution in [3.05, 3.63) is 65.2 Å². The van der Waals surface area contributed by atoms with Crippen LogP contribution in [0.3, 0.4) is 0 Å². The highest BCUT2D eigenvalue weighted by molar-refractivity contribution is 5.87. The van der Waals surface area contributed by atoms with Crippen molar-refractivity contribution < 1.29 is 9.53 Å². The fraction of sp³-hybridized carbons (Fsp3) is 0.480.